The van der Waals surface area contributed by atoms with Crippen LogP contribution in [0, 0.1) is 0 Å². The second kappa shape index (κ2) is 10.4. The smallest absolute Gasteiger partial charge is 0.337 e. The molecular weight excluding hydrogens is 442 g/mol. The first-order valence-electron chi connectivity index (χ1n) is 11.7. The van der Waals surface area contributed by atoms with Crippen molar-refractivity contribution >= 4 is 28.9 Å². The molecule has 3 aromatic rings. The molecule has 0 fully saturated rings. The van der Waals surface area contributed by atoms with Gasteiger partial charge in [0.1, 0.15) is 11.4 Å². The molecule has 6 heteroatoms. The van der Waals surface area contributed by atoms with Crippen molar-refractivity contribution < 1.29 is 23.8 Å². The molecule has 1 aromatic heterocycles. The predicted molar refractivity (Wildman–Crippen MR) is 139 cm³/mol. The van der Waals surface area contributed by atoms with Crippen molar-refractivity contribution in [3.8, 4) is 5.75 Å². The second-order valence-electron chi connectivity index (χ2n) is 9.96. The molecule has 2 aromatic carbocycles. The third kappa shape index (κ3) is 6.13. The van der Waals surface area contributed by atoms with E-state index in [1.165, 1.54) is 7.11 Å². The van der Waals surface area contributed by atoms with Crippen molar-refractivity contribution in [2.45, 2.75) is 59.6 Å². The van der Waals surface area contributed by atoms with Gasteiger partial charge in [0, 0.05) is 35.1 Å². The lowest BCUT2D eigenvalue weighted by atomic mass is 10.00. The van der Waals surface area contributed by atoms with Gasteiger partial charge in [0.2, 0.25) is 0 Å². The van der Waals surface area contributed by atoms with E-state index in [9.17, 15) is 9.59 Å². The minimum atomic E-state index is -0.541. The van der Waals surface area contributed by atoms with Crippen LogP contribution in [-0.2, 0) is 20.7 Å². The zero-order chi connectivity index (χ0) is 25.9. The lowest BCUT2D eigenvalue weighted by molar-refractivity contribution is -0.149. The van der Waals surface area contributed by atoms with Gasteiger partial charge in [-0.3, -0.25) is 0 Å². The average Bonchev–Trinajstić information content (AvgIpc) is 3.15. The summed E-state index contributed by atoms with van der Waals surface area (Å²) in [6.07, 6.45) is 4.64. The lowest BCUT2D eigenvalue weighted by Crippen LogP contribution is -2.24. The molecule has 0 aliphatic carbocycles. The average molecular weight is 478 g/mol. The number of hydrogen-bond acceptors (Lipinski definition) is 5. The maximum absolute atomic E-state index is 12.5. The Morgan fingerprint density at radius 3 is 2.34 bits per heavy atom. The van der Waals surface area contributed by atoms with Crippen molar-refractivity contribution in [3.05, 3.63) is 70.4 Å². The molecule has 0 radical (unpaired) electrons. The number of aromatic nitrogens is 1. The predicted octanol–water partition coefficient (Wildman–Crippen LogP) is 6.35. The summed E-state index contributed by atoms with van der Waals surface area (Å²) in [6.45, 7) is 11.6. The Bertz CT molecular complexity index is 1270. The third-order valence-electron chi connectivity index (χ3n) is 5.69. The SMILES string of the molecule is COC(=O)c1ccc(Cc2cn(C(C)C)c3ccc(C=C(C)C(=O)OC(C)(C)C)cc23)c(OC)c1. The van der Waals surface area contributed by atoms with E-state index in [1.54, 1.807) is 26.2 Å². The Morgan fingerprint density at radius 2 is 1.74 bits per heavy atom. The molecule has 186 valence electrons. The zero-order valence-corrected chi connectivity index (χ0v) is 21.9. The van der Waals surface area contributed by atoms with Crippen molar-refractivity contribution in [3.63, 3.8) is 0 Å². The summed E-state index contributed by atoms with van der Waals surface area (Å²) < 4.78 is 18.2. The van der Waals surface area contributed by atoms with E-state index in [0.717, 1.165) is 27.6 Å². The number of rotatable bonds is 7. The van der Waals surface area contributed by atoms with E-state index in [1.807, 2.05) is 39.0 Å². The van der Waals surface area contributed by atoms with Crippen molar-refractivity contribution in [1.29, 1.82) is 0 Å². The number of esters is 2. The topological polar surface area (TPSA) is 66.8 Å². The van der Waals surface area contributed by atoms with E-state index in [4.69, 9.17) is 14.2 Å². The number of carbonyl (C=O) groups is 2. The minimum Gasteiger partial charge on any atom is -0.496 e. The summed E-state index contributed by atoms with van der Waals surface area (Å²) in [5.41, 5.74) is 4.59. The monoisotopic (exact) mass is 477 g/mol. The van der Waals surface area contributed by atoms with Crippen LogP contribution >= 0.6 is 0 Å². The number of fused-ring (bicyclic) bond motifs is 1. The summed E-state index contributed by atoms with van der Waals surface area (Å²) >= 11 is 0. The Balaban J connectivity index is 2.04. The zero-order valence-electron chi connectivity index (χ0n) is 21.9. The van der Waals surface area contributed by atoms with Gasteiger partial charge >= 0.3 is 11.9 Å². The Hall–Kier alpha value is -3.54. The van der Waals surface area contributed by atoms with E-state index in [2.05, 4.69) is 36.7 Å². The first-order chi connectivity index (χ1) is 16.4. The van der Waals surface area contributed by atoms with Gasteiger partial charge in [0.25, 0.3) is 0 Å². The van der Waals surface area contributed by atoms with Gasteiger partial charge in [-0.2, -0.15) is 0 Å². The molecule has 0 saturated heterocycles. The quantitative estimate of drug-likeness (QED) is 0.293. The minimum absolute atomic E-state index is 0.278. The first kappa shape index (κ1) is 26.1. The van der Waals surface area contributed by atoms with Gasteiger partial charge in [-0.05, 0) is 88.6 Å². The van der Waals surface area contributed by atoms with E-state index < -0.39 is 11.6 Å². The normalized spacial score (nSPS) is 12.2. The highest BCUT2D eigenvalue weighted by Gasteiger charge is 2.18. The van der Waals surface area contributed by atoms with Crippen LogP contribution in [0.5, 0.6) is 5.75 Å². The molecule has 3 rings (SSSR count). The second-order valence-corrected chi connectivity index (χ2v) is 9.96. The summed E-state index contributed by atoms with van der Waals surface area (Å²) in [7, 11) is 2.96. The molecule has 0 spiro atoms. The third-order valence-corrected chi connectivity index (χ3v) is 5.69. The Morgan fingerprint density at radius 1 is 1.03 bits per heavy atom. The number of methoxy groups -OCH3 is 2. The summed E-state index contributed by atoms with van der Waals surface area (Å²) in [5.74, 6) is -0.0915. The first-order valence-corrected chi connectivity index (χ1v) is 11.7. The van der Waals surface area contributed by atoms with Crippen LogP contribution in [0.25, 0.3) is 17.0 Å². The van der Waals surface area contributed by atoms with Crippen molar-refractivity contribution in [2.75, 3.05) is 14.2 Å². The number of hydrogen-bond donors (Lipinski definition) is 0. The fourth-order valence-corrected chi connectivity index (χ4v) is 4.01. The van der Waals surface area contributed by atoms with Crippen LogP contribution in [0.4, 0.5) is 0 Å². The highest BCUT2D eigenvalue weighted by molar-refractivity contribution is 5.95. The molecule has 0 aliphatic heterocycles. The lowest BCUT2D eigenvalue weighted by Gasteiger charge is -2.19. The van der Waals surface area contributed by atoms with Gasteiger partial charge in [0.05, 0.1) is 19.8 Å². The molecule has 0 amide bonds. The van der Waals surface area contributed by atoms with Gasteiger partial charge in [-0.15, -0.1) is 0 Å². The number of nitrogens with zero attached hydrogens (tertiary/aromatic N) is 1. The fraction of sp³-hybridized carbons (Fsp3) is 0.379. The number of carbonyl (C=O) groups excluding carboxylic acids is 2. The van der Waals surface area contributed by atoms with Crippen LogP contribution in [0.3, 0.4) is 0 Å². The molecular formula is C29H35NO5. The molecule has 6 nitrogen and oxygen atoms in total. The standard InChI is InChI=1S/C29H35NO5/c1-18(2)30-17-23(15-21-10-11-22(28(32)34-8)16-26(21)33-7)24-14-20(9-12-25(24)30)13-19(3)27(31)35-29(4,5)6/h9-14,16-18H,15H2,1-8H3. The molecule has 0 N–H and O–H groups in total. The maximum Gasteiger partial charge on any atom is 0.337 e. The highest BCUT2D eigenvalue weighted by Crippen LogP contribution is 2.31. The fourth-order valence-electron chi connectivity index (χ4n) is 4.01. The highest BCUT2D eigenvalue weighted by atomic mass is 16.6. The van der Waals surface area contributed by atoms with Gasteiger partial charge in [-0.25, -0.2) is 9.59 Å². The number of benzene rings is 2. The van der Waals surface area contributed by atoms with Crippen molar-refractivity contribution in [2.24, 2.45) is 0 Å². The molecule has 0 saturated carbocycles. The van der Waals surface area contributed by atoms with Gasteiger partial charge in [-0.1, -0.05) is 12.1 Å². The largest absolute Gasteiger partial charge is 0.496 e. The number of ether oxygens (including phenoxy) is 3. The van der Waals surface area contributed by atoms with Gasteiger partial charge < -0.3 is 18.8 Å². The molecule has 0 atom stereocenters. The van der Waals surface area contributed by atoms with Crippen LogP contribution in [0.2, 0.25) is 0 Å². The summed E-state index contributed by atoms with van der Waals surface area (Å²) in [4.78, 5) is 24.4. The van der Waals surface area contributed by atoms with Crippen LogP contribution < -0.4 is 4.74 Å². The van der Waals surface area contributed by atoms with Crippen LogP contribution in [0.15, 0.2) is 48.2 Å². The molecule has 0 unspecified atom stereocenters. The van der Waals surface area contributed by atoms with E-state index >= 15 is 0 Å². The van der Waals surface area contributed by atoms with Crippen LogP contribution in [0.1, 0.15) is 74.6 Å². The van der Waals surface area contributed by atoms with Crippen LogP contribution in [-0.4, -0.2) is 36.3 Å². The maximum atomic E-state index is 12.5. The van der Waals surface area contributed by atoms with E-state index in [-0.39, 0.29) is 12.0 Å². The molecule has 0 bridgehead atoms. The molecule has 35 heavy (non-hydrogen) atoms. The summed E-state index contributed by atoms with van der Waals surface area (Å²) in [5, 5.41) is 1.10. The van der Waals surface area contributed by atoms with Crippen molar-refractivity contribution in [1.82, 2.24) is 4.57 Å². The van der Waals surface area contributed by atoms with E-state index in [0.29, 0.717) is 23.3 Å². The Labute approximate surface area is 207 Å². The molecule has 0 aliphatic rings. The Kier molecular flexibility index (Phi) is 7.73. The molecule has 1 heterocycles. The summed E-state index contributed by atoms with van der Waals surface area (Å²) in [6, 6.07) is 11.9. The van der Waals surface area contributed by atoms with Gasteiger partial charge in [0.15, 0.2) is 0 Å².